The number of carbonyl (C=O) groups excluding carboxylic acids is 1. The first kappa shape index (κ1) is 17.0. The molecular weight excluding hydrogens is 342 g/mol. The number of fused-ring (bicyclic) bond motifs is 1. The van der Waals surface area contributed by atoms with Crippen LogP contribution in [0.5, 0.6) is 0 Å². The largest absolute Gasteiger partial charge is 0.441 e. The van der Waals surface area contributed by atoms with Crippen LogP contribution in [0, 0.1) is 6.92 Å². The molecule has 6 nitrogen and oxygen atoms in total. The van der Waals surface area contributed by atoms with Crippen LogP contribution in [-0.2, 0) is 11.2 Å². The second kappa shape index (κ2) is 7.45. The Kier molecular flexibility index (Phi) is 4.70. The summed E-state index contributed by atoms with van der Waals surface area (Å²) in [4.78, 5) is 20.7. The number of oxazole rings is 2. The molecule has 27 heavy (non-hydrogen) atoms. The Morgan fingerprint density at radius 1 is 1.11 bits per heavy atom. The van der Waals surface area contributed by atoms with E-state index in [1.165, 1.54) is 0 Å². The Balaban J connectivity index is 1.29. The highest BCUT2D eigenvalue weighted by Gasteiger charge is 2.09. The Bertz CT molecular complexity index is 1070. The molecule has 0 aliphatic rings. The molecule has 0 fully saturated rings. The summed E-state index contributed by atoms with van der Waals surface area (Å²) in [6.45, 7) is 1.80. The summed E-state index contributed by atoms with van der Waals surface area (Å²) in [6, 6.07) is 15.3. The van der Waals surface area contributed by atoms with Gasteiger partial charge in [0.05, 0.1) is 6.20 Å². The van der Waals surface area contributed by atoms with Crippen molar-refractivity contribution >= 4 is 22.7 Å². The van der Waals surface area contributed by atoms with Crippen LogP contribution in [0.4, 0.5) is 5.69 Å². The number of aryl methyl sites for hydroxylation is 2. The molecule has 0 radical (unpaired) electrons. The van der Waals surface area contributed by atoms with Gasteiger partial charge < -0.3 is 14.2 Å². The second-order valence-corrected chi connectivity index (χ2v) is 6.30. The fourth-order valence-corrected chi connectivity index (χ4v) is 2.91. The van der Waals surface area contributed by atoms with Crippen molar-refractivity contribution in [1.82, 2.24) is 9.97 Å². The van der Waals surface area contributed by atoms with Gasteiger partial charge in [0.25, 0.3) is 0 Å². The third-order valence-corrected chi connectivity index (χ3v) is 4.18. The number of carbonyl (C=O) groups is 1. The lowest BCUT2D eigenvalue weighted by Gasteiger charge is -2.04. The highest BCUT2D eigenvalue weighted by Crippen LogP contribution is 2.21. The minimum atomic E-state index is -0.0515. The SMILES string of the molecule is Cc1nc2cc(NC(=O)CCCc3ncc(-c4ccccc4)o3)ccc2o1. The minimum absolute atomic E-state index is 0.0515. The first-order valence-corrected chi connectivity index (χ1v) is 8.84. The minimum Gasteiger partial charge on any atom is -0.441 e. The molecular formula is C21H19N3O3. The molecule has 0 unspecified atom stereocenters. The zero-order chi connectivity index (χ0) is 18.6. The van der Waals surface area contributed by atoms with Crippen LogP contribution >= 0.6 is 0 Å². The van der Waals surface area contributed by atoms with Gasteiger partial charge in [0.15, 0.2) is 23.1 Å². The van der Waals surface area contributed by atoms with E-state index in [2.05, 4.69) is 15.3 Å². The van der Waals surface area contributed by atoms with E-state index in [0.29, 0.717) is 42.3 Å². The second-order valence-electron chi connectivity index (χ2n) is 6.30. The Labute approximate surface area is 156 Å². The van der Waals surface area contributed by atoms with E-state index in [4.69, 9.17) is 8.83 Å². The Hall–Kier alpha value is -3.41. The predicted molar refractivity (Wildman–Crippen MR) is 102 cm³/mol. The number of rotatable bonds is 6. The van der Waals surface area contributed by atoms with E-state index in [1.54, 1.807) is 13.1 Å². The van der Waals surface area contributed by atoms with Crippen LogP contribution in [0.2, 0.25) is 0 Å². The van der Waals surface area contributed by atoms with Crippen molar-refractivity contribution < 1.29 is 13.6 Å². The lowest BCUT2D eigenvalue weighted by atomic mass is 10.2. The molecule has 0 atom stereocenters. The van der Waals surface area contributed by atoms with Crippen LogP contribution in [0.15, 0.2) is 63.6 Å². The number of hydrogen-bond donors (Lipinski definition) is 1. The molecule has 0 saturated heterocycles. The quantitative estimate of drug-likeness (QED) is 0.536. The number of hydrogen-bond acceptors (Lipinski definition) is 5. The molecule has 2 aromatic carbocycles. The average molecular weight is 361 g/mol. The molecule has 1 amide bonds. The summed E-state index contributed by atoms with van der Waals surface area (Å²) < 4.78 is 11.2. The molecule has 0 saturated carbocycles. The first-order chi connectivity index (χ1) is 13.2. The normalized spacial score (nSPS) is 11.0. The number of nitrogens with zero attached hydrogens (tertiary/aromatic N) is 2. The smallest absolute Gasteiger partial charge is 0.224 e. The highest BCUT2D eigenvalue weighted by atomic mass is 16.4. The lowest BCUT2D eigenvalue weighted by molar-refractivity contribution is -0.116. The van der Waals surface area contributed by atoms with Crippen LogP contribution < -0.4 is 5.32 Å². The maximum atomic E-state index is 12.2. The summed E-state index contributed by atoms with van der Waals surface area (Å²) in [6.07, 6.45) is 3.38. The van der Waals surface area contributed by atoms with Crippen molar-refractivity contribution in [1.29, 1.82) is 0 Å². The molecule has 136 valence electrons. The van der Waals surface area contributed by atoms with E-state index in [1.807, 2.05) is 48.5 Å². The van der Waals surface area contributed by atoms with E-state index in [0.717, 1.165) is 16.8 Å². The van der Waals surface area contributed by atoms with Crippen LogP contribution in [0.3, 0.4) is 0 Å². The summed E-state index contributed by atoms with van der Waals surface area (Å²) in [7, 11) is 0. The molecule has 6 heteroatoms. The van der Waals surface area contributed by atoms with E-state index >= 15 is 0 Å². The molecule has 2 heterocycles. The van der Waals surface area contributed by atoms with Crippen molar-refractivity contribution in [3.05, 3.63) is 66.5 Å². The first-order valence-electron chi connectivity index (χ1n) is 8.84. The van der Waals surface area contributed by atoms with Gasteiger partial charge in [0.2, 0.25) is 5.91 Å². The predicted octanol–water partition coefficient (Wildman–Crippen LogP) is 4.75. The van der Waals surface area contributed by atoms with Gasteiger partial charge in [-0.2, -0.15) is 0 Å². The summed E-state index contributed by atoms with van der Waals surface area (Å²) in [5, 5.41) is 2.89. The Morgan fingerprint density at radius 2 is 1.96 bits per heavy atom. The number of nitrogens with one attached hydrogen (secondary N) is 1. The van der Waals surface area contributed by atoms with Crippen LogP contribution in [-0.4, -0.2) is 15.9 Å². The molecule has 2 aromatic heterocycles. The van der Waals surface area contributed by atoms with Crippen molar-refractivity contribution in [3.63, 3.8) is 0 Å². The zero-order valence-corrected chi connectivity index (χ0v) is 14.9. The van der Waals surface area contributed by atoms with Crippen molar-refractivity contribution in [2.24, 2.45) is 0 Å². The number of benzene rings is 2. The molecule has 1 N–H and O–H groups in total. The average Bonchev–Trinajstić information content (AvgIpc) is 3.28. The van der Waals surface area contributed by atoms with E-state index in [-0.39, 0.29) is 5.91 Å². The van der Waals surface area contributed by atoms with E-state index in [9.17, 15) is 4.79 Å². The monoisotopic (exact) mass is 361 g/mol. The highest BCUT2D eigenvalue weighted by molar-refractivity contribution is 5.92. The van der Waals surface area contributed by atoms with Gasteiger partial charge in [-0.3, -0.25) is 4.79 Å². The van der Waals surface area contributed by atoms with Crippen LogP contribution in [0.25, 0.3) is 22.4 Å². The molecule has 0 aliphatic heterocycles. The van der Waals surface area contributed by atoms with Crippen molar-refractivity contribution in [2.45, 2.75) is 26.2 Å². The number of aromatic nitrogens is 2. The maximum absolute atomic E-state index is 12.2. The van der Waals surface area contributed by atoms with E-state index < -0.39 is 0 Å². The van der Waals surface area contributed by atoms with Crippen molar-refractivity contribution in [2.75, 3.05) is 5.32 Å². The van der Waals surface area contributed by atoms with Gasteiger partial charge in [-0.15, -0.1) is 0 Å². The van der Waals surface area contributed by atoms with Crippen molar-refractivity contribution in [3.8, 4) is 11.3 Å². The summed E-state index contributed by atoms with van der Waals surface area (Å²) in [5.74, 6) is 1.94. The molecule has 0 aliphatic carbocycles. The molecule has 0 bridgehead atoms. The maximum Gasteiger partial charge on any atom is 0.224 e. The third kappa shape index (κ3) is 4.06. The molecule has 4 rings (SSSR count). The van der Waals surface area contributed by atoms with Gasteiger partial charge >= 0.3 is 0 Å². The van der Waals surface area contributed by atoms with Gasteiger partial charge in [0.1, 0.15) is 5.52 Å². The zero-order valence-electron chi connectivity index (χ0n) is 14.9. The third-order valence-electron chi connectivity index (χ3n) is 4.18. The van der Waals surface area contributed by atoms with Gasteiger partial charge in [0, 0.05) is 31.0 Å². The van der Waals surface area contributed by atoms with Gasteiger partial charge in [-0.1, -0.05) is 30.3 Å². The standard InChI is InChI=1S/C21H19N3O3/c1-14-23-17-12-16(10-11-18(17)26-14)24-20(25)8-5-9-21-22-13-19(27-21)15-6-3-2-4-7-15/h2-4,6-7,10-13H,5,8-9H2,1H3,(H,24,25). The lowest BCUT2D eigenvalue weighted by Crippen LogP contribution is -2.11. The van der Waals surface area contributed by atoms with Crippen LogP contribution in [0.1, 0.15) is 24.6 Å². The number of anilines is 1. The Morgan fingerprint density at radius 3 is 2.81 bits per heavy atom. The number of amides is 1. The molecule has 0 spiro atoms. The fourth-order valence-electron chi connectivity index (χ4n) is 2.91. The molecule has 4 aromatic rings. The fraction of sp³-hybridized carbons (Fsp3) is 0.190. The summed E-state index contributed by atoms with van der Waals surface area (Å²) in [5.41, 5.74) is 3.15. The van der Waals surface area contributed by atoms with Gasteiger partial charge in [-0.25, -0.2) is 9.97 Å². The summed E-state index contributed by atoms with van der Waals surface area (Å²) >= 11 is 0. The topological polar surface area (TPSA) is 81.2 Å². The van der Waals surface area contributed by atoms with Gasteiger partial charge in [-0.05, 0) is 24.6 Å².